The van der Waals surface area contributed by atoms with Crippen LogP contribution in [-0.4, -0.2) is 38.9 Å². The van der Waals surface area contributed by atoms with Crippen LogP contribution in [0.15, 0.2) is 6.20 Å². The van der Waals surface area contributed by atoms with E-state index < -0.39 is 0 Å². The Bertz CT molecular complexity index is 721. The predicted octanol–water partition coefficient (Wildman–Crippen LogP) is 0.485. The summed E-state index contributed by atoms with van der Waals surface area (Å²) in [6.45, 7) is 1.77. The Morgan fingerprint density at radius 2 is 2.14 bits per heavy atom. The highest BCUT2D eigenvalue weighted by Gasteiger charge is 2.28. The van der Waals surface area contributed by atoms with Gasteiger partial charge in [-0.25, -0.2) is 4.98 Å². The molecule has 3 heterocycles. The molecule has 2 aromatic heterocycles. The van der Waals surface area contributed by atoms with Crippen LogP contribution in [0.1, 0.15) is 24.1 Å². The van der Waals surface area contributed by atoms with Gasteiger partial charge in [0, 0.05) is 43.0 Å². The van der Waals surface area contributed by atoms with Gasteiger partial charge in [-0.3, -0.25) is 4.68 Å². The molecule has 116 valence electrons. The van der Waals surface area contributed by atoms with Gasteiger partial charge in [-0.1, -0.05) is 0 Å². The van der Waals surface area contributed by atoms with Gasteiger partial charge in [0.15, 0.2) is 0 Å². The van der Waals surface area contributed by atoms with Crippen LogP contribution < -0.4 is 16.4 Å². The van der Waals surface area contributed by atoms with Crippen molar-refractivity contribution in [1.82, 2.24) is 19.7 Å². The largest absolute Gasteiger partial charge is 0.368 e. The minimum atomic E-state index is 0.214. The fourth-order valence-electron chi connectivity index (χ4n) is 3.57. The summed E-state index contributed by atoms with van der Waals surface area (Å²) < 4.78 is 1.94. The molecule has 2 aromatic rings. The summed E-state index contributed by atoms with van der Waals surface area (Å²) in [5.74, 6) is 1.29. The first kappa shape index (κ1) is 13.5. The second-order valence-electron chi connectivity index (χ2n) is 6.21. The number of nitrogens with zero attached hydrogens (tertiary/aromatic N) is 5. The van der Waals surface area contributed by atoms with Gasteiger partial charge in [0.1, 0.15) is 5.82 Å². The van der Waals surface area contributed by atoms with E-state index in [1.165, 1.54) is 11.3 Å². The molecule has 0 spiro atoms. The van der Waals surface area contributed by atoms with Crippen molar-refractivity contribution in [2.75, 3.05) is 23.7 Å². The molecule has 0 bridgehead atoms. The van der Waals surface area contributed by atoms with E-state index >= 15 is 0 Å². The van der Waals surface area contributed by atoms with Gasteiger partial charge in [0.25, 0.3) is 0 Å². The van der Waals surface area contributed by atoms with E-state index in [9.17, 15) is 0 Å². The number of hydrogen-bond acceptors (Lipinski definition) is 6. The Morgan fingerprint density at radius 1 is 1.27 bits per heavy atom. The zero-order valence-corrected chi connectivity index (χ0v) is 12.8. The number of fused-ring (bicyclic) bond motifs is 3. The maximum atomic E-state index is 6.06. The molecule has 4 rings (SSSR count). The zero-order chi connectivity index (χ0) is 15.3. The van der Waals surface area contributed by atoms with Crippen molar-refractivity contribution in [3.8, 4) is 11.3 Å². The van der Waals surface area contributed by atoms with E-state index in [0.717, 1.165) is 55.8 Å². The molecular formula is C15H21N7. The van der Waals surface area contributed by atoms with E-state index in [2.05, 4.69) is 20.0 Å². The number of anilines is 2. The Hall–Kier alpha value is -2.15. The van der Waals surface area contributed by atoms with E-state index in [4.69, 9.17) is 11.5 Å². The summed E-state index contributed by atoms with van der Waals surface area (Å²) in [4.78, 5) is 11.3. The summed E-state index contributed by atoms with van der Waals surface area (Å²) in [7, 11) is 1.98. The standard InChI is InChI=1S/C15H21N7/c1-21-12-4-2-3-10-13(11(12)7-18-21)19-15(17)20-14(10)22-6-5-9(16)8-22/h7,9H,2-6,8,16H2,1H3,(H2,17,19,20)/t9-/m1/s1. The van der Waals surface area contributed by atoms with E-state index in [0.29, 0.717) is 5.95 Å². The molecule has 1 saturated heterocycles. The highest BCUT2D eigenvalue weighted by atomic mass is 15.3. The topological polar surface area (TPSA) is 98.9 Å². The summed E-state index contributed by atoms with van der Waals surface area (Å²) in [5.41, 5.74) is 16.5. The van der Waals surface area contributed by atoms with Crippen molar-refractivity contribution in [2.24, 2.45) is 12.8 Å². The number of nitrogens with two attached hydrogens (primary N) is 2. The van der Waals surface area contributed by atoms with Crippen LogP contribution >= 0.6 is 0 Å². The third-order valence-corrected chi connectivity index (χ3v) is 4.68. The first-order chi connectivity index (χ1) is 10.6. The van der Waals surface area contributed by atoms with Crippen LogP contribution in [0.3, 0.4) is 0 Å². The lowest BCUT2D eigenvalue weighted by molar-refractivity contribution is 0.686. The maximum absolute atomic E-state index is 6.06. The molecule has 0 amide bonds. The van der Waals surface area contributed by atoms with E-state index in [1.807, 2.05) is 17.9 Å². The third kappa shape index (κ3) is 2.04. The molecule has 1 fully saturated rings. The predicted molar refractivity (Wildman–Crippen MR) is 85.5 cm³/mol. The van der Waals surface area contributed by atoms with Crippen molar-refractivity contribution in [2.45, 2.75) is 31.7 Å². The maximum Gasteiger partial charge on any atom is 0.222 e. The van der Waals surface area contributed by atoms with Crippen LogP contribution in [0, 0.1) is 0 Å². The fourth-order valence-corrected chi connectivity index (χ4v) is 3.57. The molecule has 1 aliphatic heterocycles. The summed E-state index contributed by atoms with van der Waals surface area (Å²) in [6.07, 6.45) is 5.92. The van der Waals surface area contributed by atoms with Gasteiger partial charge in [0.05, 0.1) is 11.9 Å². The Labute approximate surface area is 129 Å². The molecule has 0 saturated carbocycles. The summed E-state index contributed by atoms with van der Waals surface area (Å²) >= 11 is 0. The van der Waals surface area contributed by atoms with Crippen LogP contribution in [0.25, 0.3) is 11.3 Å². The van der Waals surface area contributed by atoms with Crippen molar-refractivity contribution in [3.05, 3.63) is 17.5 Å². The molecular weight excluding hydrogens is 278 g/mol. The highest BCUT2D eigenvalue weighted by molar-refractivity contribution is 5.73. The molecule has 7 heteroatoms. The number of aromatic nitrogens is 4. The van der Waals surface area contributed by atoms with Crippen LogP contribution in [0.5, 0.6) is 0 Å². The normalized spacial score (nSPS) is 20.6. The van der Waals surface area contributed by atoms with Crippen LogP contribution in [-0.2, 0) is 19.9 Å². The number of hydrogen-bond donors (Lipinski definition) is 2. The molecule has 22 heavy (non-hydrogen) atoms. The molecule has 0 unspecified atom stereocenters. The average molecular weight is 299 g/mol. The van der Waals surface area contributed by atoms with Gasteiger partial charge in [-0.2, -0.15) is 10.1 Å². The summed E-state index contributed by atoms with van der Waals surface area (Å²) in [5, 5.41) is 4.39. The first-order valence-electron chi connectivity index (χ1n) is 7.81. The minimum absolute atomic E-state index is 0.214. The van der Waals surface area contributed by atoms with Gasteiger partial charge >= 0.3 is 0 Å². The monoisotopic (exact) mass is 299 g/mol. The lowest BCUT2D eigenvalue weighted by Crippen LogP contribution is -2.28. The fraction of sp³-hybridized carbons (Fsp3) is 0.533. The molecule has 7 nitrogen and oxygen atoms in total. The second-order valence-corrected chi connectivity index (χ2v) is 6.21. The minimum Gasteiger partial charge on any atom is -0.368 e. The third-order valence-electron chi connectivity index (χ3n) is 4.68. The lowest BCUT2D eigenvalue weighted by Gasteiger charge is -2.21. The number of aryl methyl sites for hydroxylation is 1. The molecule has 0 aromatic carbocycles. The first-order valence-corrected chi connectivity index (χ1v) is 7.81. The van der Waals surface area contributed by atoms with E-state index in [-0.39, 0.29) is 6.04 Å². The van der Waals surface area contributed by atoms with Gasteiger partial charge in [0.2, 0.25) is 5.95 Å². The SMILES string of the molecule is Cn1ncc2c1CCCc1c-2nc(N)nc1N1CC[C@@H](N)C1. The smallest absolute Gasteiger partial charge is 0.222 e. The summed E-state index contributed by atoms with van der Waals surface area (Å²) in [6, 6.07) is 0.214. The Morgan fingerprint density at radius 3 is 2.91 bits per heavy atom. The van der Waals surface area contributed by atoms with Crippen molar-refractivity contribution in [3.63, 3.8) is 0 Å². The second kappa shape index (κ2) is 4.95. The molecule has 2 aliphatic rings. The van der Waals surface area contributed by atoms with Crippen molar-refractivity contribution >= 4 is 11.8 Å². The van der Waals surface area contributed by atoms with Crippen molar-refractivity contribution < 1.29 is 0 Å². The number of nitrogen functional groups attached to an aromatic ring is 1. The van der Waals surface area contributed by atoms with E-state index in [1.54, 1.807) is 0 Å². The Kier molecular flexibility index (Phi) is 3.04. The molecule has 1 aliphatic carbocycles. The molecule has 4 N–H and O–H groups in total. The average Bonchev–Trinajstić information content (AvgIpc) is 3.01. The van der Waals surface area contributed by atoms with Crippen LogP contribution in [0.2, 0.25) is 0 Å². The molecule has 0 radical (unpaired) electrons. The number of rotatable bonds is 1. The molecule has 1 atom stereocenters. The van der Waals surface area contributed by atoms with Crippen LogP contribution in [0.4, 0.5) is 11.8 Å². The quantitative estimate of drug-likeness (QED) is 0.795. The van der Waals surface area contributed by atoms with Gasteiger partial charge < -0.3 is 16.4 Å². The Balaban J connectivity index is 1.88. The lowest BCUT2D eigenvalue weighted by atomic mass is 10.1. The van der Waals surface area contributed by atoms with Gasteiger partial charge in [-0.05, 0) is 25.7 Å². The zero-order valence-electron chi connectivity index (χ0n) is 12.8. The highest BCUT2D eigenvalue weighted by Crippen LogP contribution is 2.36. The van der Waals surface area contributed by atoms with Gasteiger partial charge in [-0.15, -0.1) is 0 Å². The van der Waals surface area contributed by atoms with Crippen molar-refractivity contribution in [1.29, 1.82) is 0 Å².